The molecule has 2 aromatic rings. The Balaban J connectivity index is 1.98. The fraction of sp³-hybridized carbons (Fsp3) is 0.500. The number of hydrogen-bond acceptors (Lipinski definition) is 3. The summed E-state index contributed by atoms with van der Waals surface area (Å²) in [6.45, 7) is 4.23. The quantitative estimate of drug-likeness (QED) is 0.801. The fourth-order valence-corrected chi connectivity index (χ4v) is 3.11. The lowest BCUT2D eigenvalue weighted by Gasteiger charge is -2.34. The van der Waals surface area contributed by atoms with Crippen molar-refractivity contribution in [3.05, 3.63) is 29.5 Å². The fourth-order valence-electron chi connectivity index (χ4n) is 3.11. The number of nitrogens with two attached hydrogens (primary N) is 1. The molecule has 2 atom stereocenters. The molecule has 3 N–H and O–H groups in total. The summed E-state index contributed by atoms with van der Waals surface area (Å²) in [6, 6.07) is 4.81. The van der Waals surface area contributed by atoms with Crippen molar-refractivity contribution < 1.29 is 0 Å². The van der Waals surface area contributed by atoms with E-state index in [0.29, 0.717) is 5.92 Å². The molecule has 0 radical (unpaired) electrons. The highest BCUT2D eigenvalue weighted by molar-refractivity contribution is 5.82. The van der Waals surface area contributed by atoms with E-state index in [1.807, 2.05) is 6.20 Å². The van der Waals surface area contributed by atoms with Crippen LogP contribution in [0.3, 0.4) is 0 Å². The van der Waals surface area contributed by atoms with Crippen molar-refractivity contribution in [3.8, 4) is 0 Å². The minimum atomic E-state index is 0.286. The van der Waals surface area contributed by atoms with E-state index in [1.165, 1.54) is 16.5 Å². The van der Waals surface area contributed by atoms with Crippen LogP contribution < -0.4 is 5.73 Å². The van der Waals surface area contributed by atoms with Gasteiger partial charge in [-0.3, -0.25) is 5.10 Å². The van der Waals surface area contributed by atoms with Crippen LogP contribution in [0.2, 0.25) is 0 Å². The van der Waals surface area contributed by atoms with Gasteiger partial charge in [0.05, 0.1) is 11.7 Å². The van der Waals surface area contributed by atoms with Crippen molar-refractivity contribution in [2.45, 2.75) is 25.3 Å². The maximum Gasteiger partial charge on any atom is 0.0679 e. The van der Waals surface area contributed by atoms with E-state index in [1.54, 1.807) is 0 Å². The number of H-pyrrole nitrogens is 1. The maximum absolute atomic E-state index is 6.12. The van der Waals surface area contributed by atoms with Crippen molar-refractivity contribution in [1.29, 1.82) is 0 Å². The van der Waals surface area contributed by atoms with Crippen LogP contribution in [0.15, 0.2) is 18.3 Å². The van der Waals surface area contributed by atoms with Gasteiger partial charge in [-0.15, -0.1) is 0 Å². The first-order valence-corrected chi connectivity index (χ1v) is 6.51. The van der Waals surface area contributed by atoms with Crippen molar-refractivity contribution in [3.63, 3.8) is 0 Å². The summed E-state index contributed by atoms with van der Waals surface area (Å²) >= 11 is 0. The molecular formula is C14H20N4. The molecule has 96 valence electrons. The van der Waals surface area contributed by atoms with Crippen molar-refractivity contribution >= 4 is 10.9 Å². The Labute approximate surface area is 107 Å². The highest BCUT2D eigenvalue weighted by Crippen LogP contribution is 2.29. The molecule has 1 fully saturated rings. The van der Waals surface area contributed by atoms with Crippen LogP contribution in [0.5, 0.6) is 0 Å². The maximum atomic E-state index is 6.12. The standard InChI is InChI=1S/C14H20N4/c1-9-3-10(4-11-6-16-17-14(9)11)12-5-13(15)8-18(2)7-12/h3-4,6,12-13H,5,7-8,15H2,1-2H3,(H,16,17). The lowest BCUT2D eigenvalue weighted by molar-refractivity contribution is 0.227. The number of likely N-dealkylation sites (N-methyl/N-ethyl adjacent to an activating group) is 1. The Bertz CT molecular complexity index is 550. The number of aryl methyl sites for hydroxylation is 1. The zero-order valence-corrected chi connectivity index (χ0v) is 11.0. The summed E-state index contributed by atoms with van der Waals surface area (Å²) < 4.78 is 0. The molecule has 1 aromatic carbocycles. The van der Waals surface area contributed by atoms with E-state index in [2.05, 4.69) is 41.2 Å². The number of nitrogens with zero attached hydrogens (tertiary/aromatic N) is 2. The monoisotopic (exact) mass is 244 g/mol. The Morgan fingerprint density at radius 1 is 1.39 bits per heavy atom. The Morgan fingerprint density at radius 3 is 3.00 bits per heavy atom. The van der Waals surface area contributed by atoms with E-state index >= 15 is 0 Å². The summed E-state index contributed by atoms with van der Waals surface area (Å²) in [7, 11) is 2.15. The molecule has 1 aliphatic rings. The van der Waals surface area contributed by atoms with Gasteiger partial charge in [-0.1, -0.05) is 6.07 Å². The first-order chi connectivity index (χ1) is 8.63. The molecule has 0 saturated carbocycles. The minimum absolute atomic E-state index is 0.286. The third kappa shape index (κ3) is 2.02. The van der Waals surface area contributed by atoms with Crippen LogP contribution in [-0.4, -0.2) is 41.3 Å². The largest absolute Gasteiger partial charge is 0.327 e. The molecule has 4 nitrogen and oxygen atoms in total. The van der Waals surface area contributed by atoms with E-state index in [4.69, 9.17) is 5.73 Å². The summed E-state index contributed by atoms with van der Waals surface area (Å²) in [6.07, 6.45) is 2.98. The first-order valence-electron chi connectivity index (χ1n) is 6.51. The minimum Gasteiger partial charge on any atom is -0.327 e. The molecule has 0 amide bonds. The van der Waals surface area contributed by atoms with Crippen LogP contribution >= 0.6 is 0 Å². The van der Waals surface area contributed by atoms with Crippen LogP contribution in [0.1, 0.15) is 23.5 Å². The van der Waals surface area contributed by atoms with Gasteiger partial charge < -0.3 is 10.6 Å². The molecule has 1 aromatic heterocycles. The van der Waals surface area contributed by atoms with Crippen molar-refractivity contribution in [1.82, 2.24) is 15.1 Å². The van der Waals surface area contributed by atoms with Gasteiger partial charge in [0.1, 0.15) is 0 Å². The van der Waals surface area contributed by atoms with Gasteiger partial charge in [0.15, 0.2) is 0 Å². The summed E-state index contributed by atoms with van der Waals surface area (Å²) in [5.41, 5.74) is 9.93. The molecule has 3 rings (SSSR count). The third-order valence-corrected chi connectivity index (χ3v) is 3.91. The summed E-state index contributed by atoms with van der Waals surface area (Å²) in [5, 5.41) is 8.37. The second-order valence-electron chi connectivity index (χ2n) is 5.59. The normalized spacial score (nSPS) is 25.7. The third-order valence-electron chi connectivity index (χ3n) is 3.91. The molecule has 18 heavy (non-hydrogen) atoms. The number of piperidine rings is 1. The molecule has 2 unspecified atom stereocenters. The van der Waals surface area contributed by atoms with Gasteiger partial charge in [0.25, 0.3) is 0 Å². The number of likely N-dealkylation sites (tertiary alicyclic amines) is 1. The van der Waals surface area contributed by atoms with Crippen molar-refractivity contribution in [2.75, 3.05) is 20.1 Å². The highest BCUT2D eigenvalue weighted by Gasteiger charge is 2.24. The van der Waals surface area contributed by atoms with E-state index < -0.39 is 0 Å². The lowest BCUT2D eigenvalue weighted by Crippen LogP contribution is -2.44. The van der Waals surface area contributed by atoms with E-state index in [-0.39, 0.29) is 6.04 Å². The van der Waals surface area contributed by atoms with Gasteiger partial charge in [0, 0.05) is 24.5 Å². The lowest BCUT2D eigenvalue weighted by atomic mass is 9.87. The zero-order valence-electron chi connectivity index (χ0n) is 11.0. The van der Waals surface area contributed by atoms with Crippen LogP contribution in [0, 0.1) is 6.92 Å². The average molecular weight is 244 g/mol. The summed E-state index contributed by atoms with van der Waals surface area (Å²) in [4.78, 5) is 2.33. The van der Waals surface area contributed by atoms with Crippen LogP contribution in [0.25, 0.3) is 10.9 Å². The topological polar surface area (TPSA) is 57.9 Å². The Kier molecular flexibility index (Phi) is 2.84. The van der Waals surface area contributed by atoms with E-state index in [9.17, 15) is 0 Å². The SMILES string of the molecule is Cc1cc(C2CC(N)CN(C)C2)cc2cn[nH]c12. The van der Waals surface area contributed by atoms with Crippen LogP contribution in [-0.2, 0) is 0 Å². The second kappa shape index (κ2) is 4.37. The molecule has 1 saturated heterocycles. The van der Waals surface area contributed by atoms with Gasteiger partial charge in [-0.2, -0.15) is 5.10 Å². The highest BCUT2D eigenvalue weighted by atomic mass is 15.1. The number of fused-ring (bicyclic) bond motifs is 1. The number of hydrogen-bond donors (Lipinski definition) is 2. The number of aromatic amines is 1. The smallest absolute Gasteiger partial charge is 0.0679 e. The molecule has 1 aliphatic heterocycles. The van der Waals surface area contributed by atoms with E-state index in [0.717, 1.165) is 25.0 Å². The van der Waals surface area contributed by atoms with Gasteiger partial charge in [0.2, 0.25) is 0 Å². The van der Waals surface area contributed by atoms with Gasteiger partial charge in [-0.05, 0) is 43.5 Å². The Hall–Kier alpha value is -1.39. The second-order valence-corrected chi connectivity index (χ2v) is 5.59. The first kappa shape index (κ1) is 11.7. The predicted octanol–water partition coefficient (Wildman–Crippen LogP) is 1.62. The van der Waals surface area contributed by atoms with Gasteiger partial charge in [-0.25, -0.2) is 0 Å². The zero-order chi connectivity index (χ0) is 12.7. The number of aromatic nitrogens is 2. The van der Waals surface area contributed by atoms with Crippen LogP contribution in [0.4, 0.5) is 0 Å². The summed E-state index contributed by atoms with van der Waals surface area (Å²) in [5.74, 6) is 0.539. The average Bonchev–Trinajstić information content (AvgIpc) is 2.76. The number of rotatable bonds is 1. The molecule has 0 spiro atoms. The van der Waals surface area contributed by atoms with Gasteiger partial charge >= 0.3 is 0 Å². The molecule has 0 bridgehead atoms. The predicted molar refractivity (Wildman–Crippen MR) is 73.7 cm³/mol. The Morgan fingerprint density at radius 2 is 2.22 bits per heavy atom. The molecule has 2 heterocycles. The molecule has 0 aliphatic carbocycles. The molecular weight excluding hydrogens is 224 g/mol. The molecule has 4 heteroatoms. The number of nitrogens with one attached hydrogen (secondary N) is 1. The number of benzene rings is 1. The van der Waals surface area contributed by atoms with Crippen molar-refractivity contribution in [2.24, 2.45) is 5.73 Å².